The summed E-state index contributed by atoms with van der Waals surface area (Å²) in [7, 11) is 3.34. The lowest BCUT2D eigenvalue weighted by Crippen LogP contribution is -2.22. The van der Waals surface area contributed by atoms with Gasteiger partial charge in [0, 0.05) is 28.4 Å². The van der Waals surface area contributed by atoms with Gasteiger partial charge in [0.1, 0.15) is 11.5 Å². The average Bonchev–Trinajstić information content (AvgIpc) is 3.17. The molecule has 132 valence electrons. The van der Waals surface area contributed by atoms with Gasteiger partial charge in [0.15, 0.2) is 0 Å². The van der Waals surface area contributed by atoms with E-state index in [2.05, 4.69) is 52.1 Å². The molecular formula is C21H20N2O2S. The Hall–Kier alpha value is -2.92. The second-order valence-corrected chi connectivity index (χ2v) is 6.96. The molecule has 5 heteroatoms. The number of ether oxygens (including phenoxy) is 2. The Balaban J connectivity index is 1.73. The fourth-order valence-electron chi connectivity index (χ4n) is 3.07. The Morgan fingerprint density at radius 2 is 1.85 bits per heavy atom. The van der Waals surface area contributed by atoms with E-state index in [1.54, 1.807) is 25.6 Å². The first-order valence-electron chi connectivity index (χ1n) is 8.38. The van der Waals surface area contributed by atoms with E-state index >= 15 is 0 Å². The van der Waals surface area contributed by atoms with E-state index in [1.165, 1.54) is 16.1 Å². The Labute approximate surface area is 157 Å². The van der Waals surface area contributed by atoms with Crippen molar-refractivity contribution in [3.8, 4) is 11.5 Å². The minimum absolute atomic E-state index is 0.778. The number of hydrogen-bond donors (Lipinski definition) is 1. The van der Waals surface area contributed by atoms with E-state index in [4.69, 9.17) is 9.47 Å². The fourth-order valence-corrected chi connectivity index (χ4v) is 3.96. The number of nitrogens with one attached hydrogen (secondary N) is 1. The van der Waals surface area contributed by atoms with Crippen LogP contribution in [0.3, 0.4) is 0 Å². The number of hydrogen-bond acceptors (Lipinski definition) is 5. The number of methoxy groups -OCH3 is 2. The van der Waals surface area contributed by atoms with Crippen LogP contribution < -0.4 is 19.7 Å². The quantitative estimate of drug-likeness (QED) is 0.675. The highest BCUT2D eigenvalue weighted by atomic mass is 32.1. The topological polar surface area (TPSA) is 33.7 Å². The van der Waals surface area contributed by atoms with Gasteiger partial charge in [0.05, 0.1) is 32.1 Å². The van der Waals surface area contributed by atoms with E-state index in [0.29, 0.717) is 0 Å². The molecule has 1 aliphatic heterocycles. The molecule has 0 radical (unpaired) electrons. The number of benzene rings is 2. The zero-order valence-electron chi connectivity index (χ0n) is 14.7. The summed E-state index contributed by atoms with van der Waals surface area (Å²) >= 11 is 1.78. The molecule has 0 aliphatic carbocycles. The van der Waals surface area contributed by atoms with Gasteiger partial charge in [-0.2, -0.15) is 0 Å². The molecule has 2 aromatic carbocycles. The van der Waals surface area contributed by atoms with Crippen molar-refractivity contribution in [2.75, 3.05) is 24.4 Å². The summed E-state index contributed by atoms with van der Waals surface area (Å²) in [5.74, 6) is 1.57. The number of thiophene rings is 1. The van der Waals surface area contributed by atoms with E-state index in [0.717, 1.165) is 29.4 Å². The minimum Gasteiger partial charge on any atom is -0.497 e. The number of rotatable bonds is 5. The van der Waals surface area contributed by atoms with Crippen molar-refractivity contribution in [2.24, 2.45) is 0 Å². The zero-order valence-corrected chi connectivity index (χ0v) is 15.5. The van der Waals surface area contributed by atoms with Crippen molar-refractivity contribution < 1.29 is 9.47 Å². The largest absolute Gasteiger partial charge is 0.497 e. The molecule has 3 aromatic rings. The third kappa shape index (κ3) is 3.13. The predicted molar refractivity (Wildman–Crippen MR) is 108 cm³/mol. The first-order chi connectivity index (χ1) is 12.8. The van der Waals surface area contributed by atoms with Crippen molar-refractivity contribution in [1.82, 2.24) is 0 Å². The van der Waals surface area contributed by atoms with E-state index in [9.17, 15) is 0 Å². The van der Waals surface area contributed by atoms with Crippen LogP contribution in [0.5, 0.6) is 11.5 Å². The van der Waals surface area contributed by atoms with Crippen LogP contribution in [0.4, 0.5) is 11.4 Å². The number of nitrogens with zero attached hydrogens (tertiary/aromatic N) is 1. The van der Waals surface area contributed by atoms with Crippen molar-refractivity contribution >= 4 is 28.4 Å². The Morgan fingerprint density at radius 1 is 1.00 bits per heavy atom. The molecule has 4 nitrogen and oxygen atoms in total. The smallest absolute Gasteiger partial charge is 0.142 e. The van der Waals surface area contributed by atoms with E-state index in [1.807, 2.05) is 24.3 Å². The predicted octanol–water partition coefficient (Wildman–Crippen LogP) is 5.20. The van der Waals surface area contributed by atoms with Gasteiger partial charge in [-0.1, -0.05) is 18.2 Å². The lowest BCUT2D eigenvalue weighted by molar-refractivity contribution is 0.405. The minimum atomic E-state index is 0.778. The van der Waals surface area contributed by atoms with Crippen LogP contribution in [0.1, 0.15) is 10.4 Å². The second kappa shape index (κ2) is 7.14. The van der Waals surface area contributed by atoms with Gasteiger partial charge in [-0.25, -0.2) is 0 Å². The van der Waals surface area contributed by atoms with Gasteiger partial charge < -0.3 is 19.7 Å². The molecule has 4 rings (SSSR count). The lowest BCUT2D eigenvalue weighted by Gasteiger charge is -2.28. The summed E-state index contributed by atoms with van der Waals surface area (Å²) in [5, 5.41) is 5.67. The molecule has 0 spiro atoms. The third-order valence-corrected chi connectivity index (χ3v) is 5.30. The monoisotopic (exact) mass is 364 g/mol. The Kier molecular flexibility index (Phi) is 4.54. The number of anilines is 2. The fraction of sp³-hybridized carbons (Fsp3) is 0.143. The summed E-state index contributed by atoms with van der Waals surface area (Å²) in [6, 6.07) is 18.3. The molecule has 1 aliphatic rings. The summed E-state index contributed by atoms with van der Waals surface area (Å²) < 4.78 is 10.9. The second-order valence-electron chi connectivity index (χ2n) is 5.95. The van der Waals surface area contributed by atoms with Crippen molar-refractivity contribution in [1.29, 1.82) is 0 Å². The molecule has 1 N–H and O–H groups in total. The van der Waals surface area contributed by atoms with Crippen molar-refractivity contribution in [2.45, 2.75) is 6.54 Å². The van der Waals surface area contributed by atoms with Gasteiger partial charge in [-0.15, -0.1) is 11.3 Å². The van der Waals surface area contributed by atoms with Crippen LogP contribution >= 0.6 is 11.3 Å². The zero-order chi connectivity index (χ0) is 17.9. The standard InChI is InChI=1S/C21H20N2O2S/c1-24-16-8-9-20(25-2)18(12-16)22-19-13-23(15-6-4-3-5-7-15)14-21-17(19)10-11-26-21/h3-13,22H,14H2,1-2H3. The van der Waals surface area contributed by atoms with Crippen LogP contribution in [0.25, 0.3) is 5.70 Å². The maximum Gasteiger partial charge on any atom is 0.142 e. The molecular weight excluding hydrogens is 344 g/mol. The lowest BCUT2D eigenvalue weighted by atomic mass is 10.1. The summed E-state index contributed by atoms with van der Waals surface area (Å²) in [6.07, 6.45) is 2.16. The van der Waals surface area contributed by atoms with Crippen LogP contribution in [0.15, 0.2) is 66.2 Å². The maximum atomic E-state index is 5.51. The molecule has 0 amide bonds. The maximum absolute atomic E-state index is 5.51. The Bertz CT molecular complexity index is 934. The van der Waals surface area contributed by atoms with E-state index < -0.39 is 0 Å². The van der Waals surface area contributed by atoms with Crippen LogP contribution in [0, 0.1) is 0 Å². The van der Waals surface area contributed by atoms with Crippen LogP contribution in [-0.4, -0.2) is 14.2 Å². The molecule has 0 atom stereocenters. The highest BCUT2D eigenvalue weighted by molar-refractivity contribution is 7.10. The molecule has 0 unspecified atom stereocenters. The van der Waals surface area contributed by atoms with E-state index in [-0.39, 0.29) is 0 Å². The van der Waals surface area contributed by atoms with Gasteiger partial charge in [0.25, 0.3) is 0 Å². The number of para-hydroxylation sites is 1. The third-order valence-electron chi connectivity index (χ3n) is 4.40. The summed E-state index contributed by atoms with van der Waals surface area (Å²) in [6.45, 7) is 0.872. The molecule has 0 saturated carbocycles. The van der Waals surface area contributed by atoms with Gasteiger partial charge >= 0.3 is 0 Å². The summed E-state index contributed by atoms with van der Waals surface area (Å²) in [4.78, 5) is 3.59. The molecule has 0 saturated heterocycles. The highest BCUT2D eigenvalue weighted by Gasteiger charge is 2.20. The van der Waals surface area contributed by atoms with Crippen LogP contribution in [-0.2, 0) is 6.54 Å². The molecule has 2 heterocycles. The van der Waals surface area contributed by atoms with Crippen molar-refractivity contribution in [3.05, 3.63) is 76.6 Å². The first kappa shape index (κ1) is 16.5. The first-order valence-corrected chi connectivity index (χ1v) is 9.26. The summed E-state index contributed by atoms with van der Waals surface area (Å²) in [5.41, 5.74) is 4.32. The SMILES string of the molecule is COc1ccc(OC)c(NC2=CN(c3ccccc3)Cc3sccc32)c1. The highest BCUT2D eigenvalue weighted by Crippen LogP contribution is 2.37. The molecule has 1 aromatic heterocycles. The molecule has 26 heavy (non-hydrogen) atoms. The number of fused-ring (bicyclic) bond motifs is 1. The molecule has 0 bridgehead atoms. The normalized spacial score (nSPS) is 13.0. The van der Waals surface area contributed by atoms with Gasteiger partial charge in [0.2, 0.25) is 0 Å². The van der Waals surface area contributed by atoms with Gasteiger partial charge in [-0.3, -0.25) is 0 Å². The van der Waals surface area contributed by atoms with Crippen molar-refractivity contribution in [3.63, 3.8) is 0 Å². The molecule has 0 fully saturated rings. The Morgan fingerprint density at radius 3 is 2.62 bits per heavy atom. The average molecular weight is 364 g/mol. The van der Waals surface area contributed by atoms with Gasteiger partial charge in [-0.05, 0) is 35.7 Å². The van der Waals surface area contributed by atoms with Crippen LogP contribution in [0.2, 0.25) is 0 Å².